The van der Waals surface area contributed by atoms with E-state index in [2.05, 4.69) is 19.0 Å². The first-order valence-electron chi connectivity index (χ1n) is 4.28. The van der Waals surface area contributed by atoms with E-state index in [-0.39, 0.29) is 0 Å². The van der Waals surface area contributed by atoms with Crippen LogP contribution < -0.4 is 0 Å². The van der Waals surface area contributed by atoms with Crippen molar-refractivity contribution in [3.8, 4) is 0 Å². The van der Waals surface area contributed by atoms with Gasteiger partial charge in [0, 0.05) is 11.5 Å². The van der Waals surface area contributed by atoms with E-state index in [0.717, 1.165) is 17.9 Å². The minimum Gasteiger partial charge on any atom is -0.361 e. The molecule has 1 aromatic heterocycles. The van der Waals surface area contributed by atoms with Gasteiger partial charge >= 0.3 is 0 Å². The Morgan fingerprint density at radius 2 is 2.27 bits per heavy atom. The van der Waals surface area contributed by atoms with Gasteiger partial charge in [-0.05, 0) is 26.2 Å². The van der Waals surface area contributed by atoms with Gasteiger partial charge in [0.25, 0.3) is 0 Å². The zero-order valence-electron chi connectivity index (χ0n) is 7.05. The van der Waals surface area contributed by atoms with Crippen molar-refractivity contribution in [1.82, 2.24) is 5.16 Å². The third-order valence-electron chi connectivity index (χ3n) is 2.34. The molecule has 1 fully saturated rings. The van der Waals surface area contributed by atoms with E-state index in [1.807, 2.05) is 0 Å². The summed E-state index contributed by atoms with van der Waals surface area (Å²) in [4.78, 5) is 0. The van der Waals surface area contributed by atoms with Crippen LogP contribution in [0, 0.1) is 6.92 Å². The first kappa shape index (κ1) is 6.89. The number of aryl methyl sites for hydroxylation is 1. The molecule has 1 heterocycles. The zero-order valence-corrected chi connectivity index (χ0v) is 7.05. The molecule has 0 atom stereocenters. The maximum atomic E-state index is 5.26. The lowest BCUT2D eigenvalue weighted by Gasteiger charge is -1.90. The SMILES string of the molecule is CCc1noc(C2CC2)c1C. The second-order valence-corrected chi connectivity index (χ2v) is 3.25. The summed E-state index contributed by atoms with van der Waals surface area (Å²) in [5.74, 6) is 1.84. The first-order valence-corrected chi connectivity index (χ1v) is 4.28. The van der Waals surface area contributed by atoms with Crippen LogP contribution in [0.4, 0.5) is 0 Å². The Balaban J connectivity index is 2.33. The van der Waals surface area contributed by atoms with Gasteiger partial charge in [0.15, 0.2) is 0 Å². The molecule has 0 N–H and O–H groups in total. The van der Waals surface area contributed by atoms with Crippen LogP contribution in [0.2, 0.25) is 0 Å². The number of hydrogen-bond acceptors (Lipinski definition) is 2. The van der Waals surface area contributed by atoms with E-state index in [1.54, 1.807) is 0 Å². The third-order valence-corrected chi connectivity index (χ3v) is 2.34. The maximum absolute atomic E-state index is 5.26. The van der Waals surface area contributed by atoms with Crippen LogP contribution in [0.25, 0.3) is 0 Å². The highest BCUT2D eigenvalue weighted by atomic mass is 16.5. The van der Waals surface area contributed by atoms with Gasteiger partial charge in [-0.2, -0.15) is 0 Å². The van der Waals surface area contributed by atoms with E-state index in [4.69, 9.17) is 4.52 Å². The van der Waals surface area contributed by atoms with Crippen LogP contribution in [0.1, 0.15) is 42.7 Å². The van der Waals surface area contributed by atoms with Gasteiger partial charge < -0.3 is 4.52 Å². The Kier molecular flexibility index (Phi) is 1.48. The molecule has 0 unspecified atom stereocenters. The summed E-state index contributed by atoms with van der Waals surface area (Å²) in [7, 11) is 0. The Bertz CT molecular complexity index is 261. The van der Waals surface area contributed by atoms with Gasteiger partial charge in [-0.1, -0.05) is 12.1 Å². The molecule has 2 heteroatoms. The van der Waals surface area contributed by atoms with E-state index < -0.39 is 0 Å². The molecule has 2 rings (SSSR count). The number of nitrogens with zero attached hydrogens (tertiary/aromatic N) is 1. The predicted octanol–water partition coefficient (Wildman–Crippen LogP) is 2.42. The van der Waals surface area contributed by atoms with Crippen molar-refractivity contribution in [3.05, 3.63) is 17.0 Å². The van der Waals surface area contributed by atoms with Crippen LogP contribution in [0.15, 0.2) is 4.52 Å². The molecule has 1 aromatic rings. The molecule has 0 saturated heterocycles. The van der Waals surface area contributed by atoms with E-state index in [9.17, 15) is 0 Å². The van der Waals surface area contributed by atoms with Crippen molar-refractivity contribution < 1.29 is 4.52 Å². The third kappa shape index (κ3) is 1.06. The Hall–Kier alpha value is -0.790. The van der Waals surface area contributed by atoms with Gasteiger partial charge in [-0.3, -0.25) is 0 Å². The summed E-state index contributed by atoms with van der Waals surface area (Å²) in [6.45, 7) is 4.23. The van der Waals surface area contributed by atoms with Crippen LogP contribution in [-0.4, -0.2) is 5.16 Å². The molecular formula is C9H13NO. The van der Waals surface area contributed by atoms with Gasteiger partial charge in [-0.25, -0.2) is 0 Å². The van der Waals surface area contributed by atoms with Crippen molar-refractivity contribution in [1.29, 1.82) is 0 Å². The van der Waals surface area contributed by atoms with Crippen LogP contribution in [0.5, 0.6) is 0 Å². The molecule has 0 spiro atoms. The molecule has 0 aliphatic heterocycles. The largest absolute Gasteiger partial charge is 0.361 e. The lowest BCUT2D eigenvalue weighted by molar-refractivity contribution is 0.378. The summed E-state index contributed by atoms with van der Waals surface area (Å²) < 4.78 is 5.26. The molecule has 1 aliphatic carbocycles. The second kappa shape index (κ2) is 2.36. The van der Waals surface area contributed by atoms with Crippen LogP contribution in [-0.2, 0) is 6.42 Å². The number of rotatable bonds is 2. The lowest BCUT2D eigenvalue weighted by atomic mass is 10.1. The standard InChI is InChI=1S/C9H13NO/c1-3-8-6(2)9(11-10-8)7-4-5-7/h7H,3-5H2,1-2H3. The molecule has 11 heavy (non-hydrogen) atoms. The van der Waals surface area contributed by atoms with E-state index in [1.165, 1.54) is 18.4 Å². The maximum Gasteiger partial charge on any atom is 0.142 e. The summed E-state index contributed by atoms with van der Waals surface area (Å²) >= 11 is 0. The number of aromatic nitrogens is 1. The van der Waals surface area contributed by atoms with Gasteiger partial charge in [0.1, 0.15) is 5.76 Å². The summed E-state index contributed by atoms with van der Waals surface area (Å²) in [5.41, 5.74) is 2.42. The zero-order chi connectivity index (χ0) is 7.84. The highest BCUT2D eigenvalue weighted by Crippen LogP contribution is 2.42. The Morgan fingerprint density at radius 3 is 2.73 bits per heavy atom. The van der Waals surface area contributed by atoms with Crippen molar-refractivity contribution in [3.63, 3.8) is 0 Å². The molecule has 2 nitrogen and oxygen atoms in total. The second-order valence-electron chi connectivity index (χ2n) is 3.25. The minimum absolute atomic E-state index is 0.697. The molecule has 0 amide bonds. The van der Waals surface area contributed by atoms with Crippen molar-refractivity contribution in [2.45, 2.75) is 39.0 Å². The quantitative estimate of drug-likeness (QED) is 0.648. The van der Waals surface area contributed by atoms with Crippen LogP contribution in [0.3, 0.4) is 0 Å². The summed E-state index contributed by atoms with van der Waals surface area (Å²) in [6.07, 6.45) is 3.57. The Morgan fingerprint density at radius 1 is 1.55 bits per heavy atom. The highest BCUT2D eigenvalue weighted by molar-refractivity contribution is 5.26. The molecule has 1 aliphatic rings. The molecule has 60 valence electrons. The van der Waals surface area contributed by atoms with Gasteiger partial charge in [0.05, 0.1) is 5.69 Å². The fourth-order valence-electron chi connectivity index (χ4n) is 1.44. The average Bonchev–Trinajstić information content (AvgIpc) is 2.77. The minimum atomic E-state index is 0.697. The van der Waals surface area contributed by atoms with Gasteiger partial charge in [0.2, 0.25) is 0 Å². The predicted molar refractivity (Wildman–Crippen MR) is 42.6 cm³/mol. The molecule has 0 aromatic carbocycles. The topological polar surface area (TPSA) is 26.0 Å². The summed E-state index contributed by atoms with van der Waals surface area (Å²) in [5, 5.41) is 4.02. The van der Waals surface area contributed by atoms with E-state index >= 15 is 0 Å². The fraction of sp³-hybridized carbons (Fsp3) is 0.667. The summed E-state index contributed by atoms with van der Waals surface area (Å²) in [6, 6.07) is 0. The van der Waals surface area contributed by atoms with Crippen molar-refractivity contribution in [2.24, 2.45) is 0 Å². The smallest absolute Gasteiger partial charge is 0.142 e. The molecule has 0 bridgehead atoms. The average molecular weight is 151 g/mol. The Labute approximate surface area is 66.6 Å². The van der Waals surface area contributed by atoms with Crippen molar-refractivity contribution in [2.75, 3.05) is 0 Å². The molecular weight excluding hydrogens is 138 g/mol. The van der Waals surface area contributed by atoms with E-state index in [0.29, 0.717) is 5.92 Å². The monoisotopic (exact) mass is 151 g/mol. The highest BCUT2D eigenvalue weighted by Gasteiger charge is 2.30. The molecule has 1 saturated carbocycles. The fourth-order valence-corrected chi connectivity index (χ4v) is 1.44. The molecule has 0 radical (unpaired) electrons. The normalized spacial score (nSPS) is 17.3. The van der Waals surface area contributed by atoms with Gasteiger partial charge in [-0.15, -0.1) is 0 Å². The number of hydrogen-bond donors (Lipinski definition) is 0. The first-order chi connectivity index (χ1) is 5.33. The van der Waals surface area contributed by atoms with Crippen LogP contribution >= 0.6 is 0 Å². The lowest BCUT2D eigenvalue weighted by Crippen LogP contribution is -1.84. The van der Waals surface area contributed by atoms with Crippen molar-refractivity contribution >= 4 is 0 Å².